The number of hydrogen-bond acceptors (Lipinski definition) is 8. The molecule has 0 aromatic heterocycles. The van der Waals surface area contributed by atoms with Crippen LogP contribution in [-0.4, -0.2) is 63.2 Å². The Morgan fingerprint density at radius 3 is 2.39 bits per heavy atom. The van der Waals surface area contributed by atoms with Crippen LogP contribution < -0.4 is 14.9 Å². The summed E-state index contributed by atoms with van der Waals surface area (Å²) in [5.74, 6) is 0.423. The second kappa shape index (κ2) is 10.8. The van der Waals surface area contributed by atoms with Gasteiger partial charge in [-0.05, 0) is 18.2 Å². The van der Waals surface area contributed by atoms with E-state index in [1.165, 1.54) is 33.3 Å². The number of benzene rings is 2. The Bertz CT molecular complexity index is 1030. The Labute approximate surface area is 186 Å². The molecule has 168 valence electrons. The van der Waals surface area contributed by atoms with Crippen LogP contribution in [0.2, 0.25) is 5.02 Å². The largest absolute Gasteiger partial charge is 0.497 e. The Balaban J connectivity index is 2.43. The number of ether oxygens (including phenoxy) is 3. The first kappa shape index (κ1) is 25.0. The Morgan fingerprint density at radius 1 is 1.13 bits per heavy atom. The maximum Gasteiger partial charge on any atom is 0.489 e. The van der Waals surface area contributed by atoms with Gasteiger partial charge in [-0.2, -0.15) is 4.31 Å². The quantitative estimate of drug-likeness (QED) is 0.385. The molecule has 0 spiro atoms. The molecular formula is C19H23BClNO8S. The first-order valence-electron chi connectivity index (χ1n) is 9.10. The van der Waals surface area contributed by atoms with Gasteiger partial charge in [-0.1, -0.05) is 23.7 Å². The molecule has 0 heterocycles. The van der Waals surface area contributed by atoms with Crippen LogP contribution in [0.4, 0.5) is 0 Å². The first-order valence-corrected chi connectivity index (χ1v) is 10.9. The summed E-state index contributed by atoms with van der Waals surface area (Å²) in [6, 6.07) is 8.54. The first-order chi connectivity index (χ1) is 14.6. The van der Waals surface area contributed by atoms with Crippen molar-refractivity contribution < 1.29 is 37.5 Å². The van der Waals surface area contributed by atoms with Gasteiger partial charge in [0.1, 0.15) is 18.1 Å². The topological polar surface area (TPSA) is 123 Å². The highest BCUT2D eigenvalue weighted by molar-refractivity contribution is 7.89. The average Bonchev–Trinajstić information content (AvgIpc) is 2.72. The third kappa shape index (κ3) is 6.34. The molecule has 2 N–H and O–H groups in total. The number of esters is 1. The lowest BCUT2D eigenvalue weighted by Crippen LogP contribution is -2.35. The van der Waals surface area contributed by atoms with E-state index < -0.39 is 23.1 Å². The molecule has 0 aliphatic carbocycles. The predicted molar refractivity (Wildman–Crippen MR) is 115 cm³/mol. The molecule has 2 aromatic rings. The number of hydrogen-bond donors (Lipinski definition) is 2. The fourth-order valence-electron chi connectivity index (χ4n) is 2.77. The van der Waals surface area contributed by atoms with Gasteiger partial charge in [-0.3, -0.25) is 4.79 Å². The molecule has 31 heavy (non-hydrogen) atoms. The summed E-state index contributed by atoms with van der Waals surface area (Å²) < 4.78 is 43.2. The lowest BCUT2D eigenvalue weighted by Gasteiger charge is -2.23. The minimum absolute atomic E-state index is 0.0242. The van der Waals surface area contributed by atoms with Gasteiger partial charge in [0, 0.05) is 42.1 Å². The van der Waals surface area contributed by atoms with Gasteiger partial charge in [-0.25, -0.2) is 8.42 Å². The zero-order valence-corrected chi connectivity index (χ0v) is 18.8. The third-order valence-electron chi connectivity index (χ3n) is 4.37. The van der Waals surface area contributed by atoms with Crippen molar-refractivity contribution in [3.63, 3.8) is 0 Å². The van der Waals surface area contributed by atoms with E-state index in [1.807, 2.05) is 0 Å². The van der Waals surface area contributed by atoms with Crippen LogP contribution in [-0.2, 0) is 26.1 Å². The number of carbonyl (C=O) groups excluding carboxylic acids is 1. The van der Waals surface area contributed by atoms with Crippen molar-refractivity contribution >= 4 is 40.2 Å². The van der Waals surface area contributed by atoms with Crippen LogP contribution in [0.1, 0.15) is 12.5 Å². The maximum absolute atomic E-state index is 13.3. The number of rotatable bonds is 10. The monoisotopic (exact) mass is 471 g/mol. The average molecular weight is 472 g/mol. The van der Waals surface area contributed by atoms with E-state index >= 15 is 0 Å². The summed E-state index contributed by atoms with van der Waals surface area (Å²) in [6.45, 7) is 0.857. The van der Waals surface area contributed by atoms with Crippen LogP contribution in [0.15, 0.2) is 41.3 Å². The minimum atomic E-state index is -4.10. The van der Waals surface area contributed by atoms with Gasteiger partial charge < -0.3 is 24.3 Å². The van der Waals surface area contributed by atoms with Crippen molar-refractivity contribution in [3.05, 3.63) is 47.0 Å². The molecule has 0 aliphatic heterocycles. The smallest absolute Gasteiger partial charge is 0.489 e. The molecule has 0 bridgehead atoms. The maximum atomic E-state index is 13.3. The predicted octanol–water partition coefficient (Wildman–Crippen LogP) is 0.791. The van der Waals surface area contributed by atoms with Crippen molar-refractivity contribution in [1.82, 2.24) is 4.31 Å². The highest BCUT2D eigenvalue weighted by Gasteiger charge is 2.28. The number of halogens is 1. The van der Waals surface area contributed by atoms with E-state index in [4.69, 9.17) is 25.8 Å². The van der Waals surface area contributed by atoms with Gasteiger partial charge in [0.2, 0.25) is 10.0 Å². The summed E-state index contributed by atoms with van der Waals surface area (Å²) in [5, 5.41) is 18.5. The third-order valence-corrected chi connectivity index (χ3v) is 6.54. The molecule has 0 aliphatic rings. The van der Waals surface area contributed by atoms with E-state index in [-0.39, 0.29) is 35.1 Å². The molecule has 2 rings (SSSR count). The second-order valence-electron chi connectivity index (χ2n) is 6.41. The van der Waals surface area contributed by atoms with Gasteiger partial charge in [0.05, 0.1) is 19.1 Å². The fourth-order valence-corrected chi connectivity index (χ4v) is 4.55. The zero-order valence-electron chi connectivity index (χ0n) is 17.2. The van der Waals surface area contributed by atoms with Gasteiger partial charge in [-0.15, -0.1) is 0 Å². The van der Waals surface area contributed by atoms with Crippen molar-refractivity contribution in [2.75, 3.05) is 27.4 Å². The van der Waals surface area contributed by atoms with Crippen LogP contribution in [0.5, 0.6) is 11.5 Å². The number of carbonyl (C=O) groups is 1. The fraction of sp³-hybridized carbons (Fsp3) is 0.316. The summed E-state index contributed by atoms with van der Waals surface area (Å²) in [4.78, 5) is 11.0. The van der Waals surface area contributed by atoms with E-state index in [9.17, 15) is 23.3 Å². The normalized spacial score (nSPS) is 11.3. The molecule has 0 saturated carbocycles. The lowest BCUT2D eigenvalue weighted by atomic mass is 9.80. The lowest BCUT2D eigenvalue weighted by molar-refractivity contribution is -0.141. The van der Waals surface area contributed by atoms with E-state index in [0.717, 1.165) is 10.4 Å². The van der Waals surface area contributed by atoms with E-state index in [0.29, 0.717) is 17.1 Å². The Morgan fingerprint density at radius 2 is 1.84 bits per heavy atom. The van der Waals surface area contributed by atoms with Crippen molar-refractivity contribution in [2.45, 2.75) is 18.4 Å². The zero-order chi connectivity index (χ0) is 23.2. The standard InChI is InChI=1S/C19H23BClNO8S/c1-13(23)30-9-8-22(12-14-4-5-15(28-2)10-19(14)29-3)31(26,27)16-6-7-17(20(24)25)18(21)11-16/h4-7,10-11,24-25H,8-9,12H2,1-3H3. The molecule has 0 unspecified atom stereocenters. The van der Waals surface area contributed by atoms with Gasteiger partial charge in [0.15, 0.2) is 0 Å². The number of sulfonamides is 1. The van der Waals surface area contributed by atoms with Crippen molar-refractivity contribution in [2.24, 2.45) is 0 Å². The molecule has 0 radical (unpaired) electrons. The molecule has 2 aromatic carbocycles. The highest BCUT2D eigenvalue weighted by atomic mass is 35.5. The molecule has 0 amide bonds. The highest BCUT2D eigenvalue weighted by Crippen LogP contribution is 2.28. The summed E-state index contributed by atoms with van der Waals surface area (Å²) in [6.07, 6.45) is 0. The summed E-state index contributed by atoms with van der Waals surface area (Å²) in [7, 11) is -2.98. The SMILES string of the molecule is COc1ccc(CN(CCOC(C)=O)S(=O)(=O)c2ccc(B(O)O)c(Cl)c2)c(OC)c1. The van der Waals surface area contributed by atoms with Gasteiger partial charge >= 0.3 is 13.1 Å². The van der Waals surface area contributed by atoms with Crippen molar-refractivity contribution in [1.29, 1.82) is 0 Å². The molecule has 0 atom stereocenters. The summed E-state index contributed by atoms with van der Waals surface area (Å²) >= 11 is 6.02. The Hall–Kier alpha value is -2.31. The minimum Gasteiger partial charge on any atom is -0.497 e. The van der Waals surface area contributed by atoms with Crippen LogP contribution in [0.25, 0.3) is 0 Å². The molecular weight excluding hydrogens is 449 g/mol. The second-order valence-corrected chi connectivity index (χ2v) is 8.76. The van der Waals surface area contributed by atoms with Crippen LogP contribution >= 0.6 is 11.6 Å². The molecule has 0 saturated heterocycles. The summed E-state index contributed by atoms with van der Waals surface area (Å²) in [5.41, 5.74) is 0.534. The van der Waals surface area contributed by atoms with Crippen molar-refractivity contribution in [3.8, 4) is 11.5 Å². The van der Waals surface area contributed by atoms with Gasteiger partial charge in [0.25, 0.3) is 0 Å². The van der Waals surface area contributed by atoms with Crippen LogP contribution in [0.3, 0.4) is 0 Å². The van der Waals surface area contributed by atoms with E-state index in [1.54, 1.807) is 18.2 Å². The number of methoxy groups -OCH3 is 2. The molecule has 12 heteroatoms. The Kier molecular flexibility index (Phi) is 8.72. The molecule has 9 nitrogen and oxygen atoms in total. The van der Waals surface area contributed by atoms with Crippen LogP contribution in [0, 0.1) is 0 Å². The molecule has 0 fully saturated rings. The van der Waals surface area contributed by atoms with E-state index in [2.05, 4.69) is 0 Å². The number of nitrogens with zero attached hydrogens (tertiary/aromatic N) is 1.